The van der Waals surface area contributed by atoms with Crippen LogP contribution < -0.4 is 5.32 Å². The second-order valence-corrected chi connectivity index (χ2v) is 10.2. The lowest BCUT2D eigenvalue weighted by Gasteiger charge is -2.33. The van der Waals surface area contributed by atoms with Crippen LogP contribution in [-0.2, 0) is 21.4 Å². The Bertz CT molecular complexity index is 870. The van der Waals surface area contributed by atoms with Crippen molar-refractivity contribution in [1.29, 1.82) is 0 Å². The number of hydrogen-bond donors (Lipinski definition) is 1. The van der Waals surface area contributed by atoms with Crippen molar-refractivity contribution in [1.82, 2.24) is 9.62 Å². The standard InChI is InChI=1S/C20H26N2O3S2/c1-15-6-3-4-7-18(15)14-21-20(23)16(2)17-9-11-22(12-10-17)27(24,25)19-8-5-13-26-19/h3-8,13,16-17H,9-12,14H2,1-2H3,(H,21,23). The summed E-state index contributed by atoms with van der Waals surface area (Å²) in [5.74, 6) is 0.120. The third-order valence-electron chi connectivity index (χ3n) is 5.42. The van der Waals surface area contributed by atoms with Crippen LogP contribution in [0, 0.1) is 18.8 Å². The summed E-state index contributed by atoms with van der Waals surface area (Å²) in [6.45, 7) is 5.46. The van der Waals surface area contributed by atoms with Crippen LogP contribution in [0.1, 0.15) is 30.9 Å². The molecular weight excluding hydrogens is 380 g/mol. The van der Waals surface area contributed by atoms with Crippen LogP contribution in [0.2, 0.25) is 0 Å². The van der Waals surface area contributed by atoms with E-state index in [1.54, 1.807) is 21.8 Å². The van der Waals surface area contributed by atoms with E-state index in [0.717, 1.165) is 11.1 Å². The van der Waals surface area contributed by atoms with Gasteiger partial charge in [-0.05, 0) is 48.3 Å². The number of amides is 1. The highest BCUT2D eigenvalue weighted by Crippen LogP contribution is 2.30. The Labute approximate surface area is 165 Å². The molecule has 7 heteroatoms. The molecule has 1 N–H and O–H groups in total. The van der Waals surface area contributed by atoms with Crippen LogP contribution in [0.4, 0.5) is 0 Å². The zero-order chi connectivity index (χ0) is 19.4. The summed E-state index contributed by atoms with van der Waals surface area (Å²) < 4.78 is 27.2. The van der Waals surface area contributed by atoms with E-state index in [9.17, 15) is 13.2 Å². The Kier molecular flexibility index (Phi) is 6.34. The number of nitrogens with one attached hydrogen (secondary N) is 1. The maximum atomic E-state index is 12.6. The Balaban J connectivity index is 1.53. The van der Waals surface area contributed by atoms with Gasteiger partial charge in [0.05, 0.1) is 0 Å². The van der Waals surface area contributed by atoms with E-state index in [-0.39, 0.29) is 17.7 Å². The second-order valence-electron chi connectivity index (χ2n) is 7.11. The first-order chi connectivity index (χ1) is 12.9. The first-order valence-electron chi connectivity index (χ1n) is 9.25. The monoisotopic (exact) mass is 406 g/mol. The molecule has 1 aromatic carbocycles. The molecule has 0 saturated carbocycles. The van der Waals surface area contributed by atoms with Crippen molar-refractivity contribution in [2.45, 2.75) is 37.4 Å². The minimum absolute atomic E-state index is 0.0396. The molecule has 146 valence electrons. The number of rotatable bonds is 6. The van der Waals surface area contributed by atoms with Crippen molar-refractivity contribution in [3.05, 3.63) is 52.9 Å². The topological polar surface area (TPSA) is 66.5 Å². The zero-order valence-corrected chi connectivity index (χ0v) is 17.4. The number of piperidine rings is 1. The smallest absolute Gasteiger partial charge is 0.252 e. The molecule has 2 heterocycles. The minimum atomic E-state index is -3.39. The number of hydrogen-bond acceptors (Lipinski definition) is 4. The predicted molar refractivity (Wildman–Crippen MR) is 108 cm³/mol. The summed E-state index contributed by atoms with van der Waals surface area (Å²) in [6, 6.07) is 11.4. The van der Waals surface area contributed by atoms with E-state index in [1.165, 1.54) is 11.3 Å². The molecule has 1 fully saturated rings. The molecule has 1 unspecified atom stereocenters. The average molecular weight is 407 g/mol. The minimum Gasteiger partial charge on any atom is -0.352 e. The van der Waals surface area contributed by atoms with Gasteiger partial charge in [-0.15, -0.1) is 11.3 Å². The summed E-state index contributed by atoms with van der Waals surface area (Å²) in [5, 5.41) is 4.81. The molecule has 1 aliphatic heterocycles. The molecule has 0 radical (unpaired) electrons. The molecule has 1 aromatic heterocycles. The second kappa shape index (κ2) is 8.54. The Hall–Kier alpha value is -1.70. The quantitative estimate of drug-likeness (QED) is 0.799. The summed E-state index contributed by atoms with van der Waals surface area (Å²) in [5.41, 5.74) is 2.28. The van der Waals surface area contributed by atoms with Crippen molar-refractivity contribution >= 4 is 27.3 Å². The third-order valence-corrected chi connectivity index (χ3v) is 8.69. The highest BCUT2D eigenvalue weighted by Gasteiger charge is 2.33. The fourth-order valence-corrected chi connectivity index (χ4v) is 6.13. The lowest BCUT2D eigenvalue weighted by atomic mass is 9.85. The molecular formula is C20H26N2O3S2. The summed E-state index contributed by atoms with van der Waals surface area (Å²) in [4.78, 5) is 12.6. The van der Waals surface area contributed by atoms with Crippen molar-refractivity contribution in [3.8, 4) is 0 Å². The van der Waals surface area contributed by atoms with Gasteiger partial charge in [-0.25, -0.2) is 8.42 Å². The summed E-state index contributed by atoms with van der Waals surface area (Å²) in [6.07, 6.45) is 1.42. The maximum Gasteiger partial charge on any atom is 0.252 e. The average Bonchev–Trinajstić information content (AvgIpc) is 3.22. The van der Waals surface area contributed by atoms with E-state index in [4.69, 9.17) is 0 Å². The van der Waals surface area contributed by atoms with Gasteiger partial charge in [-0.1, -0.05) is 37.3 Å². The van der Waals surface area contributed by atoms with Crippen LogP contribution in [-0.4, -0.2) is 31.7 Å². The van der Waals surface area contributed by atoms with Crippen LogP contribution in [0.25, 0.3) is 0 Å². The van der Waals surface area contributed by atoms with Gasteiger partial charge in [0.1, 0.15) is 4.21 Å². The van der Waals surface area contributed by atoms with Crippen molar-refractivity contribution in [2.24, 2.45) is 11.8 Å². The van der Waals surface area contributed by atoms with E-state index < -0.39 is 10.0 Å². The van der Waals surface area contributed by atoms with Crippen LogP contribution in [0.15, 0.2) is 46.0 Å². The van der Waals surface area contributed by atoms with Gasteiger partial charge in [0, 0.05) is 25.6 Å². The summed E-state index contributed by atoms with van der Waals surface area (Å²) >= 11 is 1.25. The molecule has 0 spiro atoms. The van der Waals surface area contributed by atoms with Gasteiger partial charge in [0.25, 0.3) is 10.0 Å². The predicted octanol–water partition coefficient (Wildman–Crippen LogP) is 3.41. The zero-order valence-electron chi connectivity index (χ0n) is 15.7. The van der Waals surface area contributed by atoms with Crippen LogP contribution >= 0.6 is 11.3 Å². The van der Waals surface area contributed by atoms with Crippen molar-refractivity contribution in [2.75, 3.05) is 13.1 Å². The number of carbonyl (C=O) groups is 1. The van der Waals surface area contributed by atoms with Crippen molar-refractivity contribution in [3.63, 3.8) is 0 Å². The largest absolute Gasteiger partial charge is 0.352 e. The molecule has 3 rings (SSSR count). The molecule has 1 amide bonds. The molecule has 1 aliphatic rings. The maximum absolute atomic E-state index is 12.6. The van der Waals surface area contributed by atoms with Gasteiger partial charge in [-0.2, -0.15) is 4.31 Å². The van der Waals surface area contributed by atoms with Gasteiger partial charge < -0.3 is 5.32 Å². The highest BCUT2D eigenvalue weighted by molar-refractivity contribution is 7.91. The molecule has 1 atom stereocenters. The molecule has 1 saturated heterocycles. The Morgan fingerprint density at radius 1 is 1.22 bits per heavy atom. The molecule has 2 aromatic rings. The lowest BCUT2D eigenvalue weighted by Crippen LogP contribution is -2.42. The number of carbonyl (C=O) groups excluding carboxylic acids is 1. The lowest BCUT2D eigenvalue weighted by molar-refractivity contribution is -0.126. The van der Waals surface area contributed by atoms with Crippen molar-refractivity contribution < 1.29 is 13.2 Å². The Morgan fingerprint density at radius 2 is 1.93 bits per heavy atom. The number of thiophene rings is 1. The normalized spacial score (nSPS) is 17.6. The number of sulfonamides is 1. The molecule has 5 nitrogen and oxygen atoms in total. The third kappa shape index (κ3) is 4.59. The molecule has 0 bridgehead atoms. The van der Waals surface area contributed by atoms with Gasteiger partial charge >= 0.3 is 0 Å². The first-order valence-corrected chi connectivity index (χ1v) is 11.6. The number of aryl methyl sites for hydroxylation is 1. The van der Waals surface area contributed by atoms with E-state index in [0.29, 0.717) is 36.7 Å². The first kappa shape index (κ1) is 20.0. The van der Waals surface area contributed by atoms with E-state index in [1.807, 2.05) is 38.1 Å². The van der Waals surface area contributed by atoms with Gasteiger partial charge in [0.2, 0.25) is 5.91 Å². The van der Waals surface area contributed by atoms with Crippen LogP contribution in [0.3, 0.4) is 0 Å². The van der Waals surface area contributed by atoms with E-state index in [2.05, 4.69) is 5.32 Å². The summed E-state index contributed by atoms with van der Waals surface area (Å²) in [7, 11) is -3.39. The molecule has 27 heavy (non-hydrogen) atoms. The SMILES string of the molecule is Cc1ccccc1CNC(=O)C(C)C1CCN(S(=O)(=O)c2cccs2)CC1. The fourth-order valence-electron chi connectivity index (χ4n) is 3.52. The fraction of sp³-hybridized carbons (Fsp3) is 0.450. The van der Waals surface area contributed by atoms with Gasteiger partial charge in [-0.3, -0.25) is 4.79 Å². The number of benzene rings is 1. The van der Waals surface area contributed by atoms with Gasteiger partial charge in [0.15, 0.2) is 0 Å². The van der Waals surface area contributed by atoms with E-state index >= 15 is 0 Å². The number of nitrogens with zero attached hydrogens (tertiary/aromatic N) is 1. The Morgan fingerprint density at radius 3 is 2.56 bits per heavy atom. The molecule has 0 aliphatic carbocycles. The highest BCUT2D eigenvalue weighted by atomic mass is 32.2. The van der Waals surface area contributed by atoms with Crippen LogP contribution in [0.5, 0.6) is 0 Å².